The van der Waals surface area contributed by atoms with Gasteiger partial charge in [0.15, 0.2) is 0 Å². The molecule has 0 radical (unpaired) electrons. The molecule has 0 spiro atoms. The zero-order valence-corrected chi connectivity index (χ0v) is 10.3. The van der Waals surface area contributed by atoms with E-state index in [-0.39, 0.29) is 12.3 Å². The molecule has 1 atom stereocenters. The molecule has 0 aromatic carbocycles. The van der Waals surface area contributed by atoms with Gasteiger partial charge >= 0.3 is 6.09 Å². The first-order valence-corrected chi connectivity index (χ1v) is 5.61. The lowest BCUT2D eigenvalue weighted by Crippen LogP contribution is -2.54. The number of hydrogen-bond acceptors (Lipinski definition) is 5. The van der Waals surface area contributed by atoms with Crippen LogP contribution in [0, 0.1) is 0 Å². The van der Waals surface area contributed by atoms with E-state index in [0.717, 1.165) is 0 Å². The maximum atomic E-state index is 11.8. The molecular formula is C10H18N4O4. The highest BCUT2D eigenvalue weighted by Crippen LogP contribution is 2.06. The molecule has 102 valence electrons. The largest absolute Gasteiger partial charge is 0.453 e. The molecule has 18 heavy (non-hydrogen) atoms. The standard InChI is InChI=1S/C10H18N4O4/c1-18-10(17)14-4-2-13(3-5-14)9(16)7(11)6-8(12)15/h7H,2-6,11H2,1H3,(H2,12,15). The third kappa shape index (κ3) is 3.59. The van der Waals surface area contributed by atoms with Crippen molar-refractivity contribution in [3.8, 4) is 0 Å². The summed E-state index contributed by atoms with van der Waals surface area (Å²) in [7, 11) is 1.31. The number of primary amides is 1. The van der Waals surface area contributed by atoms with Crippen LogP contribution in [-0.4, -0.2) is 67.0 Å². The summed E-state index contributed by atoms with van der Waals surface area (Å²) in [4.78, 5) is 36.8. The Bertz CT molecular complexity index is 339. The van der Waals surface area contributed by atoms with Gasteiger partial charge in [0.25, 0.3) is 0 Å². The predicted octanol–water partition coefficient (Wildman–Crippen LogP) is -1.90. The van der Waals surface area contributed by atoms with E-state index < -0.39 is 18.0 Å². The van der Waals surface area contributed by atoms with E-state index in [4.69, 9.17) is 11.5 Å². The van der Waals surface area contributed by atoms with E-state index in [9.17, 15) is 14.4 Å². The van der Waals surface area contributed by atoms with Crippen LogP contribution in [0.1, 0.15) is 6.42 Å². The van der Waals surface area contributed by atoms with E-state index in [0.29, 0.717) is 26.2 Å². The van der Waals surface area contributed by atoms with Crippen LogP contribution in [0.15, 0.2) is 0 Å². The van der Waals surface area contributed by atoms with Gasteiger partial charge in [-0.2, -0.15) is 0 Å². The van der Waals surface area contributed by atoms with Crippen molar-refractivity contribution in [1.82, 2.24) is 9.80 Å². The van der Waals surface area contributed by atoms with Crippen molar-refractivity contribution in [2.45, 2.75) is 12.5 Å². The fraction of sp³-hybridized carbons (Fsp3) is 0.700. The highest BCUT2D eigenvalue weighted by atomic mass is 16.5. The Hall–Kier alpha value is -1.83. The van der Waals surface area contributed by atoms with Gasteiger partial charge in [-0.3, -0.25) is 9.59 Å². The van der Waals surface area contributed by atoms with Crippen molar-refractivity contribution in [2.75, 3.05) is 33.3 Å². The monoisotopic (exact) mass is 258 g/mol. The van der Waals surface area contributed by atoms with Gasteiger partial charge in [-0.25, -0.2) is 4.79 Å². The Kier molecular flexibility index (Phi) is 4.90. The highest BCUT2D eigenvalue weighted by molar-refractivity contribution is 5.87. The van der Waals surface area contributed by atoms with Gasteiger partial charge in [-0.15, -0.1) is 0 Å². The molecule has 8 heteroatoms. The molecule has 0 saturated carbocycles. The average molecular weight is 258 g/mol. The van der Waals surface area contributed by atoms with Gasteiger partial charge in [0.1, 0.15) is 0 Å². The summed E-state index contributed by atoms with van der Waals surface area (Å²) in [5.41, 5.74) is 10.6. The Morgan fingerprint density at radius 3 is 2.11 bits per heavy atom. The molecular weight excluding hydrogens is 240 g/mol. The van der Waals surface area contributed by atoms with Crippen LogP contribution in [0.25, 0.3) is 0 Å². The lowest BCUT2D eigenvalue weighted by molar-refractivity contribution is -0.136. The third-order valence-corrected chi connectivity index (χ3v) is 2.76. The number of ether oxygens (including phenoxy) is 1. The van der Waals surface area contributed by atoms with E-state index in [1.807, 2.05) is 0 Å². The highest BCUT2D eigenvalue weighted by Gasteiger charge is 2.27. The summed E-state index contributed by atoms with van der Waals surface area (Å²) in [6.45, 7) is 1.53. The average Bonchev–Trinajstić information content (AvgIpc) is 2.36. The van der Waals surface area contributed by atoms with Gasteiger partial charge < -0.3 is 26.0 Å². The second kappa shape index (κ2) is 6.20. The zero-order valence-electron chi connectivity index (χ0n) is 10.3. The molecule has 1 rings (SSSR count). The summed E-state index contributed by atoms with van der Waals surface area (Å²) >= 11 is 0. The Morgan fingerprint density at radius 2 is 1.67 bits per heavy atom. The SMILES string of the molecule is COC(=O)N1CCN(C(=O)C(N)CC(N)=O)CC1. The summed E-state index contributed by atoms with van der Waals surface area (Å²) in [6, 6.07) is -0.910. The predicted molar refractivity (Wildman–Crippen MR) is 62.3 cm³/mol. The number of hydrogen-bond donors (Lipinski definition) is 2. The molecule has 1 aliphatic rings. The topological polar surface area (TPSA) is 119 Å². The number of carbonyl (C=O) groups is 3. The third-order valence-electron chi connectivity index (χ3n) is 2.76. The number of carbonyl (C=O) groups excluding carboxylic acids is 3. The molecule has 1 fully saturated rings. The normalized spacial score (nSPS) is 17.2. The number of nitrogens with two attached hydrogens (primary N) is 2. The van der Waals surface area contributed by atoms with Crippen molar-refractivity contribution >= 4 is 17.9 Å². The molecule has 1 heterocycles. The van der Waals surface area contributed by atoms with Gasteiger partial charge in [0.2, 0.25) is 11.8 Å². The summed E-state index contributed by atoms with van der Waals surface area (Å²) in [6.07, 6.45) is -0.584. The zero-order chi connectivity index (χ0) is 13.7. The second-order valence-electron chi connectivity index (χ2n) is 4.06. The smallest absolute Gasteiger partial charge is 0.409 e. The van der Waals surface area contributed by atoms with Crippen molar-refractivity contribution < 1.29 is 19.1 Å². The molecule has 4 N–H and O–H groups in total. The number of nitrogens with zero attached hydrogens (tertiary/aromatic N) is 2. The minimum absolute atomic E-state index is 0.171. The molecule has 0 aliphatic carbocycles. The first-order chi connectivity index (χ1) is 8.45. The van der Waals surface area contributed by atoms with Crippen molar-refractivity contribution in [3.63, 3.8) is 0 Å². The number of methoxy groups -OCH3 is 1. The molecule has 0 aromatic rings. The minimum Gasteiger partial charge on any atom is -0.453 e. The number of rotatable bonds is 3. The Morgan fingerprint density at radius 1 is 1.17 bits per heavy atom. The molecule has 1 saturated heterocycles. The lowest BCUT2D eigenvalue weighted by atomic mass is 10.1. The lowest BCUT2D eigenvalue weighted by Gasteiger charge is -2.34. The Balaban J connectivity index is 2.45. The molecule has 3 amide bonds. The second-order valence-corrected chi connectivity index (χ2v) is 4.06. The van der Waals surface area contributed by atoms with E-state index in [2.05, 4.69) is 4.74 Å². The van der Waals surface area contributed by atoms with Gasteiger partial charge in [0, 0.05) is 26.2 Å². The van der Waals surface area contributed by atoms with E-state index >= 15 is 0 Å². The quantitative estimate of drug-likeness (QED) is 0.612. The summed E-state index contributed by atoms with van der Waals surface area (Å²) in [5.74, 6) is -0.928. The summed E-state index contributed by atoms with van der Waals surface area (Å²) < 4.78 is 4.58. The van der Waals surface area contributed by atoms with E-state index in [1.165, 1.54) is 16.9 Å². The summed E-state index contributed by atoms with van der Waals surface area (Å²) in [5, 5.41) is 0. The minimum atomic E-state index is -0.910. The van der Waals surface area contributed by atoms with Gasteiger partial charge in [-0.1, -0.05) is 0 Å². The molecule has 0 bridgehead atoms. The van der Waals surface area contributed by atoms with Crippen molar-refractivity contribution in [3.05, 3.63) is 0 Å². The van der Waals surface area contributed by atoms with Gasteiger partial charge in [-0.05, 0) is 0 Å². The van der Waals surface area contributed by atoms with Crippen LogP contribution >= 0.6 is 0 Å². The van der Waals surface area contributed by atoms with Crippen LogP contribution in [0.2, 0.25) is 0 Å². The van der Waals surface area contributed by atoms with E-state index in [1.54, 1.807) is 0 Å². The van der Waals surface area contributed by atoms with Crippen LogP contribution in [0.4, 0.5) is 4.79 Å². The van der Waals surface area contributed by atoms with Crippen molar-refractivity contribution in [2.24, 2.45) is 11.5 Å². The fourth-order valence-corrected chi connectivity index (χ4v) is 1.78. The van der Waals surface area contributed by atoms with Gasteiger partial charge in [0.05, 0.1) is 19.6 Å². The molecule has 0 aromatic heterocycles. The van der Waals surface area contributed by atoms with Crippen LogP contribution in [-0.2, 0) is 14.3 Å². The maximum absolute atomic E-state index is 11.8. The Labute approximate surface area is 105 Å². The van der Waals surface area contributed by atoms with Crippen molar-refractivity contribution in [1.29, 1.82) is 0 Å². The molecule has 1 aliphatic heterocycles. The van der Waals surface area contributed by atoms with Crippen LogP contribution < -0.4 is 11.5 Å². The molecule has 8 nitrogen and oxygen atoms in total. The first kappa shape index (κ1) is 14.2. The number of amides is 3. The van der Waals surface area contributed by atoms with Crippen LogP contribution in [0.5, 0.6) is 0 Å². The maximum Gasteiger partial charge on any atom is 0.409 e. The fourth-order valence-electron chi connectivity index (χ4n) is 1.78. The first-order valence-electron chi connectivity index (χ1n) is 5.61. The van der Waals surface area contributed by atoms with Crippen LogP contribution in [0.3, 0.4) is 0 Å². The molecule has 1 unspecified atom stereocenters. The number of piperazine rings is 1.